The van der Waals surface area contributed by atoms with Crippen molar-refractivity contribution in [2.75, 3.05) is 13.1 Å². The fraction of sp³-hybridized carbons (Fsp3) is 0.467. The number of benzene rings is 2. The lowest BCUT2D eigenvalue weighted by Gasteiger charge is -2.47. The Morgan fingerprint density at radius 2 is 1.86 bits per heavy atom. The predicted molar refractivity (Wildman–Crippen MR) is 139 cm³/mol. The molecule has 1 aromatic heterocycles. The lowest BCUT2D eigenvalue weighted by molar-refractivity contribution is -0.142. The first-order valence-electron chi connectivity index (χ1n) is 13.0. The number of hydrogen-bond acceptors (Lipinski definition) is 5. The molecule has 5 rings (SSSR count). The van der Waals surface area contributed by atoms with Crippen LogP contribution in [-0.4, -0.2) is 34.6 Å². The van der Waals surface area contributed by atoms with Crippen molar-refractivity contribution in [3.63, 3.8) is 0 Å². The molecular formula is C30H35NO5. The monoisotopic (exact) mass is 489 g/mol. The van der Waals surface area contributed by atoms with Crippen LogP contribution in [0.1, 0.15) is 59.9 Å². The molecule has 1 N–H and O–H groups in total. The molecule has 6 nitrogen and oxygen atoms in total. The van der Waals surface area contributed by atoms with Gasteiger partial charge in [0.25, 0.3) is 0 Å². The van der Waals surface area contributed by atoms with E-state index in [-0.39, 0.29) is 18.2 Å². The van der Waals surface area contributed by atoms with Gasteiger partial charge in [-0.2, -0.15) is 0 Å². The van der Waals surface area contributed by atoms with E-state index in [0.717, 1.165) is 47.8 Å². The Kier molecular flexibility index (Phi) is 6.64. The minimum Gasteiger partial charge on any atom is -0.488 e. The summed E-state index contributed by atoms with van der Waals surface area (Å²) in [4.78, 5) is 28.0. The van der Waals surface area contributed by atoms with E-state index < -0.39 is 11.2 Å². The van der Waals surface area contributed by atoms with Gasteiger partial charge in [0.05, 0.1) is 17.6 Å². The van der Waals surface area contributed by atoms with Crippen molar-refractivity contribution >= 4 is 16.9 Å². The summed E-state index contributed by atoms with van der Waals surface area (Å²) in [6, 6.07) is 12.0. The second-order valence-electron chi connectivity index (χ2n) is 10.6. The third-order valence-corrected chi connectivity index (χ3v) is 8.28. The van der Waals surface area contributed by atoms with Crippen LogP contribution in [-0.2, 0) is 17.8 Å². The first kappa shape index (κ1) is 24.6. The third-order valence-electron chi connectivity index (χ3n) is 8.28. The van der Waals surface area contributed by atoms with E-state index in [4.69, 9.17) is 9.15 Å². The average Bonchev–Trinajstić information content (AvgIpc) is 2.87. The minimum absolute atomic E-state index is 0.0139. The van der Waals surface area contributed by atoms with Crippen molar-refractivity contribution in [2.45, 2.75) is 71.5 Å². The summed E-state index contributed by atoms with van der Waals surface area (Å²) in [5.74, 6) is 0.717. The smallest absolute Gasteiger partial charge is 0.340 e. The molecule has 2 heterocycles. The predicted octanol–water partition coefficient (Wildman–Crippen LogP) is 4.99. The second-order valence-corrected chi connectivity index (χ2v) is 10.6. The number of likely N-dealkylation sites (tertiary alicyclic amines) is 1. The van der Waals surface area contributed by atoms with Gasteiger partial charge in [-0.05, 0) is 63.3 Å². The number of carbonyl (C=O) groups is 1. The van der Waals surface area contributed by atoms with Crippen molar-refractivity contribution in [3.8, 4) is 5.75 Å². The number of fused-ring (bicyclic) bond motifs is 2. The van der Waals surface area contributed by atoms with Crippen LogP contribution in [0.15, 0.2) is 45.6 Å². The van der Waals surface area contributed by atoms with Gasteiger partial charge in [-0.3, -0.25) is 4.79 Å². The Hall–Kier alpha value is -3.12. The fourth-order valence-corrected chi connectivity index (χ4v) is 5.84. The van der Waals surface area contributed by atoms with Crippen molar-refractivity contribution < 1.29 is 19.1 Å². The Bertz CT molecular complexity index is 1340. The Morgan fingerprint density at radius 3 is 2.64 bits per heavy atom. The molecule has 190 valence electrons. The van der Waals surface area contributed by atoms with Crippen LogP contribution in [0.3, 0.4) is 0 Å². The number of aryl methyl sites for hydroxylation is 3. The molecule has 3 aromatic rings. The van der Waals surface area contributed by atoms with E-state index in [0.29, 0.717) is 43.0 Å². The quantitative estimate of drug-likeness (QED) is 0.511. The van der Waals surface area contributed by atoms with Crippen LogP contribution in [0, 0.1) is 26.7 Å². The zero-order chi connectivity index (χ0) is 25.4. The molecule has 0 spiro atoms. The van der Waals surface area contributed by atoms with Gasteiger partial charge in [-0.25, -0.2) is 4.79 Å². The highest BCUT2D eigenvalue weighted by atomic mass is 16.5. The molecule has 0 radical (unpaired) electrons. The maximum absolute atomic E-state index is 13.2. The molecule has 1 saturated carbocycles. The number of nitrogens with zero attached hydrogens (tertiary/aromatic N) is 1. The summed E-state index contributed by atoms with van der Waals surface area (Å²) >= 11 is 0. The molecule has 2 atom stereocenters. The van der Waals surface area contributed by atoms with E-state index in [2.05, 4.69) is 12.1 Å². The summed E-state index contributed by atoms with van der Waals surface area (Å²) < 4.78 is 11.8. The number of piperidine rings is 1. The normalized spacial score (nSPS) is 21.9. The van der Waals surface area contributed by atoms with Gasteiger partial charge in [0, 0.05) is 30.0 Å². The number of rotatable bonds is 5. The SMILES string of the molecule is Cc1ccc(COc2ccc3c(C)c(CC(=O)N4CC[C@@]5(O)CCCC[C@H]5C4)c(=O)oc3c2C)cc1. The molecule has 2 fully saturated rings. The van der Waals surface area contributed by atoms with E-state index >= 15 is 0 Å². The van der Waals surface area contributed by atoms with Gasteiger partial charge < -0.3 is 19.2 Å². The number of carbonyl (C=O) groups excluding carboxylic acids is 1. The Labute approximate surface area is 211 Å². The zero-order valence-corrected chi connectivity index (χ0v) is 21.4. The third kappa shape index (κ3) is 4.66. The molecule has 1 aliphatic carbocycles. The van der Waals surface area contributed by atoms with E-state index in [1.807, 2.05) is 49.9 Å². The molecule has 2 aliphatic rings. The number of aliphatic hydroxyl groups is 1. The first-order valence-corrected chi connectivity index (χ1v) is 13.0. The van der Waals surface area contributed by atoms with Crippen LogP contribution >= 0.6 is 0 Å². The number of ether oxygens (including phenoxy) is 1. The maximum Gasteiger partial charge on any atom is 0.340 e. The summed E-state index contributed by atoms with van der Waals surface area (Å²) in [6.07, 6.45) is 4.54. The standard InChI is InChI=1S/C30H35NO5/c1-19-7-9-22(10-8-19)18-35-26-12-11-24-20(2)25(29(33)36-28(24)21(26)3)16-27(32)31-15-14-30(34)13-5-4-6-23(30)17-31/h7-12,23,34H,4-6,13-18H2,1-3H3/t23-,30-/m0/s1. The van der Waals surface area contributed by atoms with Crippen LogP contribution in [0.4, 0.5) is 0 Å². The van der Waals surface area contributed by atoms with Crippen molar-refractivity contribution in [3.05, 3.63) is 74.6 Å². The molecule has 2 aromatic carbocycles. The van der Waals surface area contributed by atoms with Gasteiger partial charge in [-0.1, -0.05) is 42.7 Å². The summed E-state index contributed by atoms with van der Waals surface area (Å²) in [7, 11) is 0. The van der Waals surface area contributed by atoms with E-state index in [1.54, 1.807) is 0 Å². The number of hydrogen-bond donors (Lipinski definition) is 1. The molecule has 1 amide bonds. The molecule has 0 bridgehead atoms. The summed E-state index contributed by atoms with van der Waals surface area (Å²) in [5, 5.41) is 11.8. The van der Waals surface area contributed by atoms with Crippen LogP contribution < -0.4 is 10.4 Å². The van der Waals surface area contributed by atoms with Gasteiger partial charge in [0.2, 0.25) is 5.91 Å². The molecule has 36 heavy (non-hydrogen) atoms. The average molecular weight is 490 g/mol. The van der Waals surface area contributed by atoms with Crippen LogP contribution in [0.25, 0.3) is 11.0 Å². The van der Waals surface area contributed by atoms with Crippen molar-refractivity contribution in [1.82, 2.24) is 4.90 Å². The highest BCUT2D eigenvalue weighted by Crippen LogP contribution is 2.40. The van der Waals surface area contributed by atoms with Gasteiger partial charge in [0.15, 0.2) is 0 Å². The van der Waals surface area contributed by atoms with E-state index in [1.165, 1.54) is 5.56 Å². The van der Waals surface area contributed by atoms with Crippen LogP contribution in [0.2, 0.25) is 0 Å². The topological polar surface area (TPSA) is 80.0 Å². The zero-order valence-electron chi connectivity index (χ0n) is 21.4. The van der Waals surface area contributed by atoms with Crippen LogP contribution in [0.5, 0.6) is 5.75 Å². The lowest BCUT2D eigenvalue weighted by atomic mass is 9.71. The highest BCUT2D eigenvalue weighted by molar-refractivity contribution is 5.87. The van der Waals surface area contributed by atoms with E-state index in [9.17, 15) is 14.7 Å². The van der Waals surface area contributed by atoms with Crippen molar-refractivity contribution in [1.29, 1.82) is 0 Å². The summed E-state index contributed by atoms with van der Waals surface area (Å²) in [6.45, 7) is 7.34. The number of amides is 1. The molecular weight excluding hydrogens is 454 g/mol. The molecule has 1 aliphatic heterocycles. The van der Waals surface area contributed by atoms with Gasteiger partial charge in [-0.15, -0.1) is 0 Å². The highest BCUT2D eigenvalue weighted by Gasteiger charge is 2.43. The molecule has 6 heteroatoms. The molecule has 1 saturated heterocycles. The second kappa shape index (κ2) is 9.74. The molecule has 0 unspecified atom stereocenters. The van der Waals surface area contributed by atoms with Crippen molar-refractivity contribution in [2.24, 2.45) is 5.92 Å². The Balaban J connectivity index is 1.34. The minimum atomic E-state index is -0.635. The lowest BCUT2D eigenvalue weighted by Crippen LogP contribution is -2.55. The maximum atomic E-state index is 13.2. The summed E-state index contributed by atoms with van der Waals surface area (Å²) in [5.41, 5.74) is 3.60. The fourth-order valence-electron chi connectivity index (χ4n) is 5.84. The largest absolute Gasteiger partial charge is 0.488 e. The van der Waals surface area contributed by atoms with Gasteiger partial charge >= 0.3 is 5.63 Å². The first-order chi connectivity index (χ1) is 17.2. The Morgan fingerprint density at radius 1 is 1.08 bits per heavy atom. The van der Waals surface area contributed by atoms with Gasteiger partial charge in [0.1, 0.15) is 17.9 Å².